The van der Waals surface area contributed by atoms with Gasteiger partial charge in [0.25, 0.3) is 5.95 Å². The van der Waals surface area contributed by atoms with Crippen molar-refractivity contribution in [2.75, 3.05) is 0 Å². The van der Waals surface area contributed by atoms with E-state index in [0.29, 0.717) is 28.9 Å². The van der Waals surface area contributed by atoms with Gasteiger partial charge < -0.3 is 9.15 Å². The largest absolute Gasteiger partial charge is 0.457 e. The highest BCUT2D eigenvalue weighted by Gasteiger charge is 2.40. The van der Waals surface area contributed by atoms with E-state index in [1.165, 1.54) is 11.1 Å². The van der Waals surface area contributed by atoms with Gasteiger partial charge in [-0.3, -0.25) is 4.79 Å². The second-order valence-electron chi connectivity index (χ2n) is 8.36. The highest BCUT2D eigenvalue weighted by molar-refractivity contribution is 5.81. The lowest BCUT2D eigenvalue weighted by atomic mass is 9.76. The van der Waals surface area contributed by atoms with Crippen LogP contribution in [0.15, 0.2) is 63.4 Å². The molecule has 1 aliphatic heterocycles. The number of hydrogen-bond acceptors (Lipinski definition) is 3. The lowest BCUT2D eigenvalue weighted by Crippen LogP contribution is -2.38. The van der Waals surface area contributed by atoms with Crippen LogP contribution < -0.4 is 10.2 Å². The first-order chi connectivity index (χ1) is 13.2. The molecule has 3 heteroatoms. The highest BCUT2D eigenvalue weighted by atomic mass is 16.6. The maximum atomic E-state index is 13.3. The number of aryl methyl sites for hydroxylation is 1. The molecule has 1 aliphatic rings. The van der Waals surface area contributed by atoms with Crippen molar-refractivity contribution < 1.29 is 9.15 Å². The van der Waals surface area contributed by atoms with Crippen molar-refractivity contribution >= 4 is 11.0 Å². The van der Waals surface area contributed by atoms with E-state index >= 15 is 0 Å². The monoisotopic (exact) mass is 378 g/mol. The van der Waals surface area contributed by atoms with E-state index in [0.717, 1.165) is 18.4 Å². The van der Waals surface area contributed by atoms with Crippen LogP contribution in [0.2, 0.25) is 0 Å². The van der Waals surface area contributed by atoms with Crippen LogP contribution in [0.5, 0.6) is 5.95 Å². The highest BCUT2D eigenvalue weighted by Crippen LogP contribution is 2.42. The van der Waals surface area contributed by atoms with Crippen molar-refractivity contribution in [1.29, 1.82) is 0 Å². The predicted octanol–water partition coefficient (Wildman–Crippen LogP) is 6.39. The van der Waals surface area contributed by atoms with E-state index in [1.807, 2.05) is 38.1 Å². The van der Waals surface area contributed by atoms with E-state index in [2.05, 4.69) is 39.5 Å². The Morgan fingerprint density at radius 1 is 1.32 bits per heavy atom. The maximum Gasteiger partial charge on any atom is 0.293 e. The van der Waals surface area contributed by atoms with Gasteiger partial charge in [-0.15, -0.1) is 6.58 Å². The lowest BCUT2D eigenvalue weighted by Gasteiger charge is -2.35. The van der Waals surface area contributed by atoms with Gasteiger partial charge >= 0.3 is 0 Å². The predicted molar refractivity (Wildman–Crippen MR) is 116 cm³/mol. The normalized spacial score (nSPS) is 21.8. The van der Waals surface area contributed by atoms with Crippen LogP contribution in [0.25, 0.3) is 11.0 Å². The quantitative estimate of drug-likeness (QED) is 0.566. The smallest absolute Gasteiger partial charge is 0.293 e. The minimum atomic E-state index is -0.494. The number of allylic oxidation sites excluding steroid dienone is 4. The summed E-state index contributed by atoms with van der Waals surface area (Å²) in [4.78, 5) is 13.3. The Morgan fingerprint density at radius 2 is 2.07 bits per heavy atom. The van der Waals surface area contributed by atoms with Gasteiger partial charge in [0.1, 0.15) is 11.7 Å². The van der Waals surface area contributed by atoms with Gasteiger partial charge in [0.05, 0.1) is 10.9 Å². The van der Waals surface area contributed by atoms with E-state index in [9.17, 15) is 4.79 Å². The summed E-state index contributed by atoms with van der Waals surface area (Å²) >= 11 is 0. The van der Waals surface area contributed by atoms with Crippen molar-refractivity contribution in [3.8, 4) is 5.95 Å². The summed E-state index contributed by atoms with van der Waals surface area (Å²) in [6.07, 6.45) is 8.79. The van der Waals surface area contributed by atoms with Crippen molar-refractivity contribution in [3.63, 3.8) is 0 Å². The zero-order chi connectivity index (χ0) is 20.5. The van der Waals surface area contributed by atoms with Crippen LogP contribution in [0, 0.1) is 6.92 Å². The summed E-state index contributed by atoms with van der Waals surface area (Å²) < 4.78 is 12.2. The fourth-order valence-electron chi connectivity index (χ4n) is 3.93. The van der Waals surface area contributed by atoms with Crippen LogP contribution in [0.1, 0.15) is 58.1 Å². The third-order valence-corrected chi connectivity index (χ3v) is 5.56. The molecule has 148 valence electrons. The molecule has 0 aliphatic carbocycles. The van der Waals surface area contributed by atoms with Crippen molar-refractivity contribution in [2.45, 2.75) is 65.4 Å². The molecule has 0 spiro atoms. The molecule has 2 atom stereocenters. The average Bonchev–Trinajstić information content (AvgIpc) is 2.60. The fraction of sp³-hybridized carbons (Fsp3) is 0.400. The van der Waals surface area contributed by atoms with Gasteiger partial charge in [-0.05, 0) is 58.2 Å². The zero-order valence-corrected chi connectivity index (χ0v) is 17.6. The van der Waals surface area contributed by atoms with Crippen LogP contribution >= 0.6 is 0 Å². The first-order valence-corrected chi connectivity index (χ1v) is 9.93. The van der Waals surface area contributed by atoms with E-state index in [-0.39, 0.29) is 11.5 Å². The SMILES string of the molecule is C=C[C@]1(C)C[C@H](/C=C(\C)CCC=C(C)C)Oc2oc3cccc(C)c3c(=O)c21. The Kier molecular flexibility index (Phi) is 5.64. The van der Waals surface area contributed by atoms with Crippen molar-refractivity contribution in [1.82, 2.24) is 0 Å². The molecule has 28 heavy (non-hydrogen) atoms. The summed E-state index contributed by atoms with van der Waals surface area (Å²) in [5, 5.41) is 0.629. The van der Waals surface area contributed by atoms with E-state index in [4.69, 9.17) is 9.15 Å². The third kappa shape index (κ3) is 3.84. The Hall–Kier alpha value is -2.55. The third-order valence-electron chi connectivity index (χ3n) is 5.56. The molecule has 2 heterocycles. The van der Waals surface area contributed by atoms with Gasteiger partial charge in [0.2, 0.25) is 5.43 Å². The minimum Gasteiger partial charge on any atom is -0.457 e. The molecule has 0 radical (unpaired) electrons. The summed E-state index contributed by atoms with van der Waals surface area (Å²) in [6, 6.07) is 5.65. The molecule has 0 N–H and O–H groups in total. The van der Waals surface area contributed by atoms with Crippen molar-refractivity contribution in [2.24, 2.45) is 0 Å². The Bertz CT molecular complexity index is 1020. The molecular formula is C25H30O3. The molecule has 0 saturated carbocycles. The van der Waals surface area contributed by atoms with Gasteiger partial charge in [-0.1, -0.05) is 42.4 Å². The summed E-state index contributed by atoms with van der Waals surface area (Å²) in [5.41, 5.74) is 4.16. The van der Waals surface area contributed by atoms with E-state index < -0.39 is 5.41 Å². The average molecular weight is 379 g/mol. The topological polar surface area (TPSA) is 39.4 Å². The number of ether oxygens (including phenoxy) is 1. The number of rotatable bonds is 5. The van der Waals surface area contributed by atoms with Crippen molar-refractivity contribution in [3.05, 3.63) is 75.5 Å². The fourth-order valence-corrected chi connectivity index (χ4v) is 3.93. The Morgan fingerprint density at radius 3 is 2.75 bits per heavy atom. The van der Waals surface area contributed by atoms with Gasteiger partial charge in [-0.25, -0.2) is 0 Å². The second kappa shape index (κ2) is 7.83. The molecule has 0 bridgehead atoms. The van der Waals surface area contributed by atoms with Gasteiger partial charge in [-0.2, -0.15) is 0 Å². The first-order valence-electron chi connectivity index (χ1n) is 9.93. The zero-order valence-electron chi connectivity index (χ0n) is 17.6. The van der Waals surface area contributed by atoms with Crippen LogP contribution in [-0.2, 0) is 5.41 Å². The molecule has 1 aromatic carbocycles. The number of fused-ring (bicyclic) bond motifs is 2. The summed E-state index contributed by atoms with van der Waals surface area (Å²) in [5.74, 6) is 0.329. The van der Waals surface area contributed by atoms with Gasteiger partial charge in [0.15, 0.2) is 0 Å². The standard InChI is InChI=1S/C25H30O3/c1-7-25(6)15-19(14-17(4)11-8-10-16(2)3)27-24-22(25)23(26)21-18(5)12-9-13-20(21)28-24/h7,9-10,12-14,19H,1,8,11,15H2,2-6H3/b17-14+/t19-,25+/m0/s1. The number of hydrogen-bond donors (Lipinski definition) is 0. The molecule has 2 aromatic rings. The molecule has 0 fully saturated rings. The van der Waals surface area contributed by atoms with Crippen LogP contribution in [-0.4, -0.2) is 6.10 Å². The summed E-state index contributed by atoms with van der Waals surface area (Å²) in [6.45, 7) is 14.4. The summed E-state index contributed by atoms with van der Waals surface area (Å²) in [7, 11) is 0. The molecule has 0 amide bonds. The molecule has 1 aromatic heterocycles. The molecule has 3 nitrogen and oxygen atoms in total. The molecule has 0 saturated heterocycles. The molecular weight excluding hydrogens is 348 g/mol. The Labute approximate surface area is 167 Å². The van der Waals surface area contributed by atoms with E-state index in [1.54, 1.807) is 0 Å². The van der Waals surface area contributed by atoms with Crippen LogP contribution in [0.3, 0.4) is 0 Å². The molecule has 0 unspecified atom stereocenters. The second-order valence-corrected chi connectivity index (χ2v) is 8.36. The number of benzene rings is 1. The van der Waals surface area contributed by atoms with Gasteiger partial charge in [0, 0.05) is 11.8 Å². The molecule has 3 rings (SSSR count). The Balaban J connectivity index is 2.02. The first kappa shape index (κ1) is 20.2. The maximum absolute atomic E-state index is 13.3. The lowest BCUT2D eigenvalue weighted by molar-refractivity contribution is 0.137. The minimum absolute atomic E-state index is 0.0144. The van der Waals surface area contributed by atoms with Crippen LogP contribution in [0.4, 0.5) is 0 Å².